The summed E-state index contributed by atoms with van der Waals surface area (Å²) in [5, 5.41) is 3.88. The number of hydrogen-bond donors (Lipinski definition) is 1. The molecule has 2 rings (SSSR count). The number of hydrogen-bond acceptors (Lipinski definition) is 4. The molecule has 5 heteroatoms. The van der Waals surface area contributed by atoms with Gasteiger partial charge in [0.05, 0.1) is 12.3 Å². The fourth-order valence-electron chi connectivity index (χ4n) is 1.51. The van der Waals surface area contributed by atoms with Crippen LogP contribution >= 0.6 is 11.6 Å². The van der Waals surface area contributed by atoms with Crippen LogP contribution in [-0.2, 0) is 4.74 Å². The molecule has 0 spiro atoms. The molecule has 94 valence electrons. The maximum Gasteiger partial charge on any atom is 0.130 e. The number of aromatic nitrogens is 2. The van der Waals surface area contributed by atoms with E-state index in [2.05, 4.69) is 15.3 Å². The number of methoxy groups -OCH3 is 1. The Bertz CT molecular complexity index is 502. The van der Waals surface area contributed by atoms with E-state index in [4.69, 9.17) is 16.3 Å². The molecule has 0 amide bonds. The molecule has 0 unspecified atom stereocenters. The normalized spacial score (nSPS) is 10.3. The van der Waals surface area contributed by atoms with Crippen molar-refractivity contribution in [2.24, 2.45) is 0 Å². The van der Waals surface area contributed by atoms with Gasteiger partial charge in [0.25, 0.3) is 0 Å². The topological polar surface area (TPSA) is 47.0 Å². The SMILES string of the molecule is COCCNc1cc(-c2ccc(Cl)cc2)ncn1. The average Bonchev–Trinajstić information content (AvgIpc) is 2.40. The van der Waals surface area contributed by atoms with Gasteiger partial charge in [-0.05, 0) is 12.1 Å². The van der Waals surface area contributed by atoms with Gasteiger partial charge in [-0.3, -0.25) is 0 Å². The minimum atomic E-state index is 0.639. The summed E-state index contributed by atoms with van der Waals surface area (Å²) in [4.78, 5) is 8.39. The molecular formula is C13H14ClN3O. The molecule has 18 heavy (non-hydrogen) atoms. The number of ether oxygens (including phenoxy) is 1. The van der Waals surface area contributed by atoms with Gasteiger partial charge in [-0.2, -0.15) is 0 Å². The van der Waals surface area contributed by atoms with Crippen molar-refractivity contribution in [3.05, 3.63) is 41.7 Å². The van der Waals surface area contributed by atoms with Crippen molar-refractivity contribution < 1.29 is 4.74 Å². The van der Waals surface area contributed by atoms with Gasteiger partial charge < -0.3 is 10.1 Å². The number of nitrogens with one attached hydrogen (secondary N) is 1. The molecule has 1 heterocycles. The van der Waals surface area contributed by atoms with Crippen LogP contribution in [0.4, 0.5) is 5.82 Å². The second-order valence-corrected chi connectivity index (χ2v) is 4.15. The van der Waals surface area contributed by atoms with Gasteiger partial charge in [-0.1, -0.05) is 23.7 Å². The third kappa shape index (κ3) is 3.42. The van der Waals surface area contributed by atoms with Crippen LogP contribution in [0.15, 0.2) is 36.7 Å². The van der Waals surface area contributed by atoms with Gasteiger partial charge in [-0.25, -0.2) is 9.97 Å². The van der Waals surface area contributed by atoms with Crippen molar-refractivity contribution in [1.29, 1.82) is 0 Å². The summed E-state index contributed by atoms with van der Waals surface area (Å²) in [7, 11) is 1.67. The predicted molar refractivity (Wildman–Crippen MR) is 72.8 cm³/mol. The lowest BCUT2D eigenvalue weighted by molar-refractivity contribution is 0.210. The Morgan fingerprint density at radius 1 is 1.22 bits per heavy atom. The van der Waals surface area contributed by atoms with E-state index in [0.29, 0.717) is 18.2 Å². The highest BCUT2D eigenvalue weighted by Crippen LogP contribution is 2.20. The second kappa shape index (κ2) is 6.33. The highest BCUT2D eigenvalue weighted by Gasteiger charge is 2.01. The number of halogens is 1. The summed E-state index contributed by atoms with van der Waals surface area (Å²) >= 11 is 5.86. The van der Waals surface area contributed by atoms with Crippen molar-refractivity contribution in [3.63, 3.8) is 0 Å². The van der Waals surface area contributed by atoms with Crippen molar-refractivity contribution in [2.45, 2.75) is 0 Å². The highest BCUT2D eigenvalue weighted by molar-refractivity contribution is 6.30. The van der Waals surface area contributed by atoms with E-state index in [-0.39, 0.29) is 0 Å². The van der Waals surface area contributed by atoms with E-state index in [1.54, 1.807) is 13.4 Å². The molecule has 0 aliphatic rings. The predicted octanol–water partition coefficient (Wildman–Crippen LogP) is 2.86. The van der Waals surface area contributed by atoms with Crippen molar-refractivity contribution >= 4 is 17.4 Å². The molecule has 0 saturated carbocycles. The van der Waals surface area contributed by atoms with Crippen LogP contribution in [0.5, 0.6) is 0 Å². The first-order chi connectivity index (χ1) is 8.79. The number of anilines is 1. The van der Waals surface area contributed by atoms with Gasteiger partial charge in [0.1, 0.15) is 12.1 Å². The van der Waals surface area contributed by atoms with Gasteiger partial charge in [0.2, 0.25) is 0 Å². The van der Waals surface area contributed by atoms with Gasteiger partial charge in [0, 0.05) is 30.3 Å². The van der Waals surface area contributed by atoms with Crippen LogP contribution in [0.1, 0.15) is 0 Å². The maximum atomic E-state index is 5.86. The van der Waals surface area contributed by atoms with Crippen LogP contribution in [-0.4, -0.2) is 30.2 Å². The lowest BCUT2D eigenvalue weighted by atomic mass is 10.1. The summed E-state index contributed by atoms with van der Waals surface area (Å²) in [5.41, 5.74) is 1.87. The molecule has 0 bridgehead atoms. The van der Waals surface area contributed by atoms with Crippen LogP contribution < -0.4 is 5.32 Å². The first-order valence-electron chi connectivity index (χ1n) is 5.60. The average molecular weight is 264 g/mol. The summed E-state index contributed by atoms with van der Waals surface area (Å²) < 4.78 is 4.97. The summed E-state index contributed by atoms with van der Waals surface area (Å²) in [6, 6.07) is 9.46. The number of nitrogens with zero attached hydrogens (tertiary/aromatic N) is 2. The molecule has 2 aromatic rings. The van der Waals surface area contributed by atoms with E-state index in [1.807, 2.05) is 30.3 Å². The largest absolute Gasteiger partial charge is 0.383 e. The standard InChI is InChI=1S/C13H14ClN3O/c1-18-7-6-15-13-8-12(16-9-17-13)10-2-4-11(14)5-3-10/h2-5,8-9H,6-7H2,1H3,(H,15,16,17). The zero-order chi connectivity index (χ0) is 12.8. The van der Waals surface area contributed by atoms with Gasteiger partial charge in [0.15, 0.2) is 0 Å². The van der Waals surface area contributed by atoms with Crippen LogP contribution in [0.25, 0.3) is 11.3 Å². The Morgan fingerprint density at radius 2 is 2.00 bits per heavy atom. The molecule has 1 aromatic carbocycles. The van der Waals surface area contributed by atoms with Crippen LogP contribution in [0, 0.1) is 0 Å². The molecule has 0 aliphatic heterocycles. The third-order valence-electron chi connectivity index (χ3n) is 2.42. The second-order valence-electron chi connectivity index (χ2n) is 3.71. The summed E-state index contributed by atoms with van der Waals surface area (Å²) in [6.07, 6.45) is 1.54. The lowest BCUT2D eigenvalue weighted by Crippen LogP contribution is -2.08. The zero-order valence-corrected chi connectivity index (χ0v) is 10.8. The minimum absolute atomic E-state index is 0.639. The van der Waals surface area contributed by atoms with Gasteiger partial charge >= 0.3 is 0 Å². The van der Waals surface area contributed by atoms with Crippen LogP contribution in [0.3, 0.4) is 0 Å². The molecule has 0 atom stereocenters. The number of benzene rings is 1. The molecule has 4 nitrogen and oxygen atoms in total. The van der Waals surface area contributed by atoms with E-state index < -0.39 is 0 Å². The molecular weight excluding hydrogens is 250 g/mol. The maximum absolute atomic E-state index is 5.86. The molecule has 0 saturated heterocycles. The third-order valence-corrected chi connectivity index (χ3v) is 2.67. The molecule has 0 aliphatic carbocycles. The summed E-state index contributed by atoms with van der Waals surface area (Å²) in [5.74, 6) is 0.784. The first kappa shape index (κ1) is 12.8. The Balaban J connectivity index is 2.13. The van der Waals surface area contributed by atoms with E-state index in [0.717, 1.165) is 17.1 Å². The highest BCUT2D eigenvalue weighted by atomic mass is 35.5. The molecule has 0 fully saturated rings. The van der Waals surface area contributed by atoms with Gasteiger partial charge in [-0.15, -0.1) is 0 Å². The van der Waals surface area contributed by atoms with Crippen molar-refractivity contribution in [3.8, 4) is 11.3 Å². The van der Waals surface area contributed by atoms with Crippen molar-refractivity contribution in [2.75, 3.05) is 25.6 Å². The van der Waals surface area contributed by atoms with E-state index >= 15 is 0 Å². The minimum Gasteiger partial charge on any atom is -0.383 e. The lowest BCUT2D eigenvalue weighted by Gasteiger charge is -2.06. The van der Waals surface area contributed by atoms with E-state index in [1.165, 1.54) is 0 Å². The Labute approximate surface area is 111 Å². The Kier molecular flexibility index (Phi) is 4.50. The fraction of sp³-hybridized carbons (Fsp3) is 0.231. The number of rotatable bonds is 5. The monoisotopic (exact) mass is 263 g/mol. The Hall–Kier alpha value is -1.65. The molecule has 1 aromatic heterocycles. The van der Waals surface area contributed by atoms with E-state index in [9.17, 15) is 0 Å². The quantitative estimate of drug-likeness (QED) is 0.843. The first-order valence-corrected chi connectivity index (χ1v) is 5.98. The zero-order valence-electron chi connectivity index (χ0n) is 10.1. The fourth-order valence-corrected chi connectivity index (χ4v) is 1.64. The van der Waals surface area contributed by atoms with Crippen molar-refractivity contribution in [1.82, 2.24) is 9.97 Å². The smallest absolute Gasteiger partial charge is 0.130 e. The van der Waals surface area contributed by atoms with Crippen LogP contribution in [0.2, 0.25) is 5.02 Å². The Morgan fingerprint density at radius 3 is 2.72 bits per heavy atom. The molecule has 1 N–H and O–H groups in total. The molecule has 0 radical (unpaired) electrons. The summed E-state index contributed by atoms with van der Waals surface area (Å²) in [6.45, 7) is 1.36.